The number of hydrogen-bond acceptors (Lipinski definition) is 5. The number of ether oxygens (including phenoxy) is 1. The first kappa shape index (κ1) is 19.6. The average molecular weight is 446 g/mol. The van der Waals surface area contributed by atoms with Gasteiger partial charge in [0.2, 0.25) is 0 Å². The quantitative estimate of drug-likeness (QED) is 0.785. The van der Waals surface area contributed by atoms with E-state index in [1.54, 1.807) is 12.1 Å². The van der Waals surface area contributed by atoms with Crippen LogP contribution in [-0.4, -0.2) is 47.7 Å². The average Bonchev–Trinajstić information content (AvgIpc) is 2.69. The molecule has 10 heteroatoms. The Kier molecular flexibility index (Phi) is 5.30. The maximum Gasteiger partial charge on any atom is 0.266 e. The van der Waals surface area contributed by atoms with Gasteiger partial charge in [-0.3, -0.25) is 4.31 Å². The zero-order valence-corrected chi connectivity index (χ0v) is 17.1. The summed E-state index contributed by atoms with van der Waals surface area (Å²) in [4.78, 5) is 1.82. The summed E-state index contributed by atoms with van der Waals surface area (Å²) >= 11 is 12.3. The van der Waals surface area contributed by atoms with Crippen molar-refractivity contribution in [2.75, 3.05) is 48.5 Å². The fraction of sp³-hybridized carbons (Fsp3) is 0.333. The second-order valence-electron chi connectivity index (χ2n) is 6.49. The largest absolute Gasteiger partial charge is 0.487 e. The Morgan fingerprint density at radius 2 is 1.79 bits per heavy atom. The molecule has 2 aliphatic heterocycles. The van der Waals surface area contributed by atoms with Crippen molar-refractivity contribution >= 4 is 44.6 Å². The molecule has 150 valence electrons. The summed E-state index contributed by atoms with van der Waals surface area (Å²) in [5.41, 5.74) is 1.07. The van der Waals surface area contributed by atoms with Gasteiger partial charge in [-0.05, 0) is 24.3 Å². The van der Waals surface area contributed by atoms with E-state index in [9.17, 15) is 12.8 Å². The molecule has 2 aliphatic rings. The van der Waals surface area contributed by atoms with Crippen molar-refractivity contribution in [3.05, 3.63) is 46.2 Å². The number of benzene rings is 2. The molecule has 0 aromatic heterocycles. The van der Waals surface area contributed by atoms with Gasteiger partial charge in [-0.15, -0.1) is 0 Å². The van der Waals surface area contributed by atoms with E-state index >= 15 is 0 Å². The number of anilines is 2. The Labute approximate surface area is 172 Å². The predicted molar refractivity (Wildman–Crippen MR) is 108 cm³/mol. The lowest BCUT2D eigenvalue weighted by atomic mass is 10.2. The molecule has 28 heavy (non-hydrogen) atoms. The Morgan fingerprint density at radius 3 is 2.54 bits per heavy atom. The molecule has 0 unspecified atom stereocenters. The van der Waals surface area contributed by atoms with Gasteiger partial charge in [0, 0.05) is 31.2 Å². The van der Waals surface area contributed by atoms with Crippen molar-refractivity contribution in [1.29, 1.82) is 0 Å². The normalized spacial score (nSPS) is 17.2. The summed E-state index contributed by atoms with van der Waals surface area (Å²) in [6, 6.07) is 7.05. The molecule has 0 saturated carbocycles. The smallest absolute Gasteiger partial charge is 0.266 e. The molecule has 1 saturated heterocycles. The zero-order chi connectivity index (χ0) is 19.9. The summed E-state index contributed by atoms with van der Waals surface area (Å²) in [7, 11) is -4.10. The molecule has 6 nitrogen and oxygen atoms in total. The number of piperazine rings is 1. The van der Waals surface area contributed by atoms with Gasteiger partial charge in [-0.2, -0.15) is 0 Å². The van der Waals surface area contributed by atoms with Crippen molar-refractivity contribution in [2.24, 2.45) is 0 Å². The van der Waals surface area contributed by atoms with E-state index in [4.69, 9.17) is 27.9 Å². The van der Waals surface area contributed by atoms with Crippen LogP contribution in [0.1, 0.15) is 0 Å². The minimum Gasteiger partial charge on any atom is -0.487 e. The van der Waals surface area contributed by atoms with Crippen LogP contribution in [0.2, 0.25) is 10.0 Å². The van der Waals surface area contributed by atoms with Crippen molar-refractivity contribution in [3.8, 4) is 5.75 Å². The summed E-state index contributed by atoms with van der Waals surface area (Å²) in [6.07, 6.45) is 0. The van der Waals surface area contributed by atoms with Crippen LogP contribution < -0.4 is 19.3 Å². The van der Waals surface area contributed by atoms with Crippen LogP contribution in [-0.2, 0) is 10.0 Å². The van der Waals surface area contributed by atoms with Gasteiger partial charge in [0.1, 0.15) is 17.3 Å². The second-order valence-corrected chi connectivity index (χ2v) is 9.13. The Bertz CT molecular complexity index is 1010. The van der Waals surface area contributed by atoms with Crippen LogP contribution in [0.25, 0.3) is 0 Å². The van der Waals surface area contributed by atoms with E-state index in [2.05, 4.69) is 10.2 Å². The first-order valence-electron chi connectivity index (χ1n) is 8.78. The third kappa shape index (κ3) is 3.39. The van der Waals surface area contributed by atoms with E-state index < -0.39 is 20.9 Å². The summed E-state index contributed by atoms with van der Waals surface area (Å²) in [5.74, 6) is -0.336. The number of rotatable bonds is 3. The lowest BCUT2D eigenvalue weighted by Crippen LogP contribution is -2.44. The summed E-state index contributed by atoms with van der Waals surface area (Å²) < 4.78 is 47.4. The monoisotopic (exact) mass is 445 g/mol. The number of halogens is 3. The Hall–Kier alpha value is -1.74. The van der Waals surface area contributed by atoms with Crippen molar-refractivity contribution in [1.82, 2.24) is 5.32 Å². The van der Waals surface area contributed by atoms with Crippen LogP contribution in [0.3, 0.4) is 0 Å². The van der Waals surface area contributed by atoms with Gasteiger partial charge in [-0.25, -0.2) is 12.8 Å². The van der Waals surface area contributed by atoms with Crippen LogP contribution in [0.15, 0.2) is 35.2 Å². The fourth-order valence-corrected chi connectivity index (χ4v) is 5.59. The second kappa shape index (κ2) is 7.59. The molecule has 2 aromatic carbocycles. The number of nitrogens with zero attached hydrogens (tertiary/aromatic N) is 2. The van der Waals surface area contributed by atoms with E-state index in [0.29, 0.717) is 16.5 Å². The van der Waals surface area contributed by atoms with Crippen molar-refractivity contribution in [3.63, 3.8) is 0 Å². The number of nitrogens with one attached hydrogen (secondary N) is 1. The standard InChI is InChI=1S/C18H18Cl2FN3O3S/c19-12-10-14(23-6-4-22-5-7-23)18-15(11-12)24(8-9-27-18)28(25,26)16-3-1-2-13(21)17(16)20/h1-3,10-11,22H,4-9H2. The van der Waals surface area contributed by atoms with E-state index in [1.807, 2.05) is 0 Å². The van der Waals surface area contributed by atoms with Crippen LogP contribution in [0.4, 0.5) is 15.8 Å². The lowest BCUT2D eigenvalue weighted by Gasteiger charge is -2.36. The van der Waals surface area contributed by atoms with E-state index in [-0.39, 0.29) is 18.0 Å². The molecule has 1 fully saturated rings. The van der Waals surface area contributed by atoms with Crippen molar-refractivity contribution in [2.45, 2.75) is 4.90 Å². The van der Waals surface area contributed by atoms with Gasteiger partial charge in [-0.1, -0.05) is 29.3 Å². The SMILES string of the molecule is O=S(=O)(c1cccc(F)c1Cl)N1CCOc2c(N3CCNCC3)cc(Cl)cc21. The minimum atomic E-state index is -4.10. The first-order valence-corrected chi connectivity index (χ1v) is 11.0. The third-order valence-electron chi connectivity index (χ3n) is 4.77. The number of sulfonamides is 1. The molecule has 0 amide bonds. The molecule has 2 aromatic rings. The molecule has 0 spiro atoms. The molecule has 0 bridgehead atoms. The van der Waals surface area contributed by atoms with Gasteiger partial charge < -0.3 is 15.0 Å². The number of fused-ring (bicyclic) bond motifs is 1. The van der Waals surface area contributed by atoms with E-state index in [0.717, 1.165) is 37.9 Å². The highest BCUT2D eigenvalue weighted by Crippen LogP contribution is 2.45. The fourth-order valence-electron chi connectivity index (χ4n) is 3.44. The highest BCUT2D eigenvalue weighted by molar-refractivity contribution is 7.93. The maximum absolute atomic E-state index is 13.9. The summed E-state index contributed by atoms with van der Waals surface area (Å²) in [6.45, 7) is 3.35. The minimum absolute atomic E-state index is 0.0729. The van der Waals surface area contributed by atoms with Crippen molar-refractivity contribution < 1.29 is 17.5 Å². The zero-order valence-electron chi connectivity index (χ0n) is 14.8. The third-order valence-corrected chi connectivity index (χ3v) is 7.34. The Balaban J connectivity index is 1.83. The van der Waals surface area contributed by atoms with Gasteiger partial charge in [0.05, 0.1) is 22.9 Å². The summed E-state index contributed by atoms with van der Waals surface area (Å²) in [5, 5.41) is 3.23. The molecular formula is C18H18Cl2FN3O3S. The lowest BCUT2D eigenvalue weighted by molar-refractivity contribution is 0.315. The molecule has 1 N–H and O–H groups in total. The topological polar surface area (TPSA) is 61.9 Å². The van der Waals surface area contributed by atoms with Crippen LogP contribution >= 0.6 is 23.2 Å². The number of hydrogen-bond donors (Lipinski definition) is 1. The van der Waals surface area contributed by atoms with Gasteiger partial charge >= 0.3 is 0 Å². The highest BCUT2D eigenvalue weighted by Gasteiger charge is 2.34. The van der Waals surface area contributed by atoms with Crippen LogP contribution in [0.5, 0.6) is 5.75 Å². The van der Waals surface area contributed by atoms with Gasteiger partial charge in [0.15, 0.2) is 5.75 Å². The molecule has 4 rings (SSSR count). The molecule has 0 radical (unpaired) electrons. The first-order chi connectivity index (χ1) is 13.4. The molecule has 2 heterocycles. The van der Waals surface area contributed by atoms with Crippen LogP contribution in [0, 0.1) is 5.82 Å². The highest BCUT2D eigenvalue weighted by atomic mass is 35.5. The van der Waals surface area contributed by atoms with E-state index in [1.165, 1.54) is 16.4 Å². The van der Waals surface area contributed by atoms with Gasteiger partial charge in [0.25, 0.3) is 10.0 Å². The predicted octanol–water partition coefficient (Wildman–Crippen LogP) is 3.13. The molecule has 0 atom stereocenters. The molecular weight excluding hydrogens is 428 g/mol. The maximum atomic E-state index is 13.9. The Morgan fingerprint density at radius 1 is 1.07 bits per heavy atom. The molecule has 0 aliphatic carbocycles.